The van der Waals surface area contributed by atoms with E-state index in [9.17, 15) is 0 Å². The second-order valence-corrected chi connectivity index (χ2v) is 1.96. The quantitative estimate of drug-likeness (QED) is 0.560. The molecular weight excluding hydrogens is 94.1 g/mol. The van der Waals surface area contributed by atoms with Gasteiger partial charge in [0.2, 0.25) is 0 Å². The molecule has 0 atom stereocenters. The summed E-state index contributed by atoms with van der Waals surface area (Å²) in [6, 6.07) is 0. The fourth-order valence-corrected chi connectivity index (χ4v) is 0.556. The lowest BCUT2D eigenvalue weighted by molar-refractivity contribution is 1.36. The van der Waals surface area contributed by atoms with Crippen molar-refractivity contribution >= 4 is 11.8 Å². The largest absolute Gasteiger partial charge is 0.402 e. The lowest BCUT2D eigenvalue weighted by atomic mass is 10.6. The molecule has 0 saturated carbocycles. The highest BCUT2D eigenvalue weighted by Gasteiger charge is 1.76. The molecule has 1 nitrogen and oxygen atoms in total. The summed E-state index contributed by atoms with van der Waals surface area (Å²) in [6.07, 6.45) is 2.00. The first-order valence-corrected chi connectivity index (χ1v) is 3.09. The van der Waals surface area contributed by atoms with Crippen LogP contribution in [0, 0.1) is 0 Å². The van der Waals surface area contributed by atoms with Gasteiger partial charge in [-0.05, 0) is 6.26 Å². The van der Waals surface area contributed by atoms with Gasteiger partial charge in [0, 0.05) is 11.4 Å². The minimum Gasteiger partial charge on any atom is -0.402 e. The topological polar surface area (TPSA) is 26.0 Å². The van der Waals surface area contributed by atoms with Crippen LogP contribution in [0.2, 0.25) is 0 Å². The van der Waals surface area contributed by atoms with Crippen molar-refractivity contribution in [2.75, 3.05) is 12.0 Å². The molecular formula is C4H9NS. The maximum Gasteiger partial charge on any atom is 0.0321 e. The summed E-state index contributed by atoms with van der Waals surface area (Å²) < 4.78 is 0. The summed E-state index contributed by atoms with van der Waals surface area (Å²) in [7, 11) is 0. The monoisotopic (exact) mass is 103 g/mol. The molecule has 0 heterocycles. The molecule has 0 radical (unpaired) electrons. The summed E-state index contributed by atoms with van der Waals surface area (Å²) >= 11 is 1.69. The molecule has 2 heteroatoms. The van der Waals surface area contributed by atoms with Gasteiger partial charge in [-0.2, -0.15) is 11.8 Å². The molecule has 0 unspecified atom stereocenters. The average molecular weight is 103 g/mol. The van der Waals surface area contributed by atoms with Crippen LogP contribution in [-0.2, 0) is 0 Å². The van der Waals surface area contributed by atoms with E-state index in [0.717, 1.165) is 11.4 Å². The SMILES string of the molecule is C=C(N)CSC. The first-order chi connectivity index (χ1) is 2.77. The zero-order valence-electron chi connectivity index (χ0n) is 3.90. The summed E-state index contributed by atoms with van der Waals surface area (Å²) in [5.74, 6) is 0.875. The van der Waals surface area contributed by atoms with E-state index in [1.165, 1.54) is 0 Å². The van der Waals surface area contributed by atoms with E-state index >= 15 is 0 Å². The molecule has 0 spiro atoms. The highest BCUT2D eigenvalue weighted by molar-refractivity contribution is 7.98. The van der Waals surface area contributed by atoms with E-state index in [0.29, 0.717) is 0 Å². The maximum atomic E-state index is 5.19. The molecule has 0 aromatic carbocycles. The van der Waals surface area contributed by atoms with Gasteiger partial charge >= 0.3 is 0 Å². The van der Waals surface area contributed by atoms with Gasteiger partial charge in [-0.15, -0.1) is 0 Å². The Morgan fingerprint density at radius 3 is 2.50 bits per heavy atom. The zero-order chi connectivity index (χ0) is 4.99. The van der Waals surface area contributed by atoms with Crippen molar-refractivity contribution in [3.05, 3.63) is 12.3 Å². The Morgan fingerprint density at radius 2 is 2.50 bits per heavy atom. The van der Waals surface area contributed by atoms with E-state index in [-0.39, 0.29) is 0 Å². The van der Waals surface area contributed by atoms with Gasteiger partial charge in [-0.1, -0.05) is 6.58 Å². The van der Waals surface area contributed by atoms with Crippen LogP contribution in [0.25, 0.3) is 0 Å². The Labute approximate surface area is 42.6 Å². The highest BCUT2D eigenvalue weighted by atomic mass is 32.2. The first-order valence-electron chi connectivity index (χ1n) is 1.69. The molecule has 0 fully saturated rings. The fraction of sp³-hybridized carbons (Fsp3) is 0.500. The molecule has 0 aliphatic rings. The third-order valence-corrected chi connectivity index (χ3v) is 0.989. The Bertz CT molecular complexity index is 51.5. The second-order valence-electron chi connectivity index (χ2n) is 1.09. The number of rotatable bonds is 2. The van der Waals surface area contributed by atoms with Crippen molar-refractivity contribution in [3.8, 4) is 0 Å². The van der Waals surface area contributed by atoms with Crippen molar-refractivity contribution in [3.63, 3.8) is 0 Å². The predicted molar refractivity (Wildman–Crippen MR) is 31.7 cm³/mol. The predicted octanol–water partition coefficient (Wildman–Crippen LogP) is 0.822. The molecule has 0 rings (SSSR count). The van der Waals surface area contributed by atoms with Crippen LogP contribution in [-0.4, -0.2) is 12.0 Å². The van der Waals surface area contributed by atoms with Crippen LogP contribution < -0.4 is 5.73 Å². The molecule has 0 bridgehead atoms. The zero-order valence-corrected chi connectivity index (χ0v) is 4.72. The van der Waals surface area contributed by atoms with Crippen LogP contribution in [0.3, 0.4) is 0 Å². The van der Waals surface area contributed by atoms with Gasteiger partial charge < -0.3 is 5.73 Å². The van der Waals surface area contributed by atoms with Gasteiger partial charge in [0.15, 0.2) is 0 Å². The Kier molecular flexibility index (Phi) is 3.04. The van der Waals surface area contributed by atoms with Crippen LogP contribution in [0.15, 0.2) is 12.3 Å². The smallest absolute Gasteiger partial charge is 0.0321 e. The van der Waals surface area contributed by atoms with E-state index in [1.54, 1.807) is 11.8 Å². The molecule has 0 aliphatic heterocycles. The van der Waals surface area contributed by atoms with Crippen molar-refractivity contribution in [1.82, 2.24) is 0 Å². The third kappa shape index (κ3) is 3.89. The molecule has 0 aliphatic carbocycles. The minimum absolute atomic E-state index is 0.752. The van der Waals surface area contributed by atoms with Gasteiger partial charge in [-0.25, -0.2) is 0 Å². The third-order valence-electron chi connectivity index (χ3n) is 0.330. The lowest BCUT2D eigenvalue weighted by Crippen LogP contribution is -1.95. The summed E-state index contributed by atoms with van der Waals surface area (Å²) in [5, 5.41) is 0. The highest BCUT2D eigenvalue weighted by Crippen LogP contribution is 1.92. The summed E-state index contributed by atoms with van der Waals surface area (Å²) in [6.45, 7) is 3.50. The molecule has 36 valence electrons. The normalized spacial score (nSPS) is 8.17. The Morgan fingerprint density at radius 1 is 2.00 bits per heavy atom. The van der Waals surface area contributed by atoms with Gasteiger partial charge in [-0.3, -0.25) is 0 Å². The summed E-state index contributed by atoms with van der Waals surface area (Å²) in [4.78, 5) is 0. The van der Waals surface area contributed by atoms with Crippen LogP contribution >= 0.6 is 11.8 Å². The van der Waals surface area contributed by atoms with Crippen LogP contribution in [0.4, 0.5) is 0 Å². The minimum atomic E-state index is 0.752. The standard InChI is InChI=1S/C4H9NS/c1-4(5)3-6-2/h1,3,5H2,2H3. The molecule has 2 N–H and O–H groups in total. The Balaban J connectivity index is 2.83. The number of nitrogens with two attached hydrogens (primary N) is 1. The van der Waals surface area contributed by atoms with Gasteiger partial charge in [0.05, 0.1) is 0 Å². The molecule has 0 aromatic heterocycles. The summed E-state index contributed by atoms with van der Waals surface area (Å²) in [5.41, 5.74) is 5.94. The van der Waals surface area contributed by atoms with Crippen molar-refractivity contribution in [2.24, 2.45) is 5.73 Å². The van der Waals surface area contributed by atoms with Gasteiger partial charge in [0.25, 0.3) is 0 Å². The second kappa shape index (κ2) is 3.09. The lowest BCUT2D eigenvalue weighted by Gasteiger charge is -1.88. The fourth-order valence-electron chi connectivity index (χ4n) is 0.185. The average Bonchev–Trinajstić information content (AvgIpc) is 1.35. The van der Waals surface area contributed by atoms with Gasteiger partial charge in [0.1, 0.15) is 0 Å². The van der Waals surface area contributed by atoms with Crippen molar-refractivity contribution < 1.29 is 0 Å². The number of thioether (sulfide) groups is 1. The van der Waals surface area contributed by atoms with E-state index in [4.69, 9.17) is 5.73 Å². The van der Waals surface area contributed by atoms with Crippen molar-refractivity contribution in [2.45, 2.75) is 0 Å². The van der Waals surface area contributed by atoms with Crippen LogP contribution in [0.5, 0.6) is 0 Å². The molecule has 6 heavy (non-hydrogen) atoms. The van der Waals surface area contributed by atoms with E-state index in [2.05, 4.69) is 6.58 Å². The van der Waals surface area contributed by atoms with E-state index < -0.39 is 0 Å². The Hall–Kier alpha value is -0.110. The molecule has 0 aromatic rings. The van der Waals surface area contributed by atoms with Crippen LogP contribution in [0.1, 0.15) is 0 Å². The number of hydrogen-bond acceptors (Lipinski definition) is 2. The first kappa shape index (κ1) is 5.89. The van der Waals surface area contributed by atoms with E-state index in [1.807, 2.05) is 6.26 Å². The molecule has 0 amide bonds. The maximum absolute atomic E-state index is 5.19. The van der Waals surface area contributed by atoms with Crippen molar-refractivity contribution in [1.29, 1.82) is 0 Å². The molecule has 0 saturated heterocycles. The number of hydrogen-bond donors (Lipinski definition) is 1.